The van der Waals surface area contributed by atoms with Crippen molar-refractivity contribution in [3.05, 3.63) is 59.4 Å². The summed E-state index contributed by atoms with van der Waals surface area (Å²) in [4.78, 5) is 16.7. The van der Waals surface area contributed by atoms with Crippen molar-refractivity contribution < 1.29 is 22.7 Å². The molecule has 7 nitrogen and oxygen atoms in total. The van der Waals surface area contributed by atoms with Crippen molar-refractivity contribution in [3.63, 3.8) is 0 Å². The van der Waals surface area contributed by atoms with Crippen LogP contribution in [-0.4, -0.2) is 56.6 Å². The van der Waals surface area contributed by atoms with Crippen LogP contribution in [0.25, 0.3) is 0 Å². The molecule has 0 saturated carbocycles. The Morgan fingerprint density at radius 1 is 1.24 bits per heavy atom. The molecule has 2 heterocycles. The van der Waals surface area contributed by atoms with E-state index in [0.29, 0.717) is 44.7 Å². The zero-order chi connectivity index (χ0) is 20.7. The molecule has 29 heavy (non-hydrogen) atoms. The first-order valence-electron chi connectivity index (χ1n) is 9.79. The van der Waals surface area contributed by atoms with Crippen LogP contribution in [0.4, 0.5) is 0 Å². The molecule has 3 rings (SSSR count). The number of carbonyl (C=O) groups is 1. The molecule has 1 fully saturated rings. The van der Waals surface area contributed by atoms with E-state index >= 15 is 0 Å². The van der Waals surface area contributed by atoms with Crippen molar-refractivity contribution in [2.45, 2.75) is 31.1 Å². The molecule has 1 aliphatic rings. The van der Waals surface area contributed by atoms with Crippen LogP contribution in [0.15, 0.2) is 47.6 Å². The van der Waals surface area contributed by atoms with Gasteiger partial charge in [0.05, 0.1) is 30.3 Å². The van der Waals surface area contributed by atoms with Crippen molar-refractivity contribution >= 4 is 16.0 Å². The van der Waals surface area contributed by atoms with Gasteiger partial charge in [-0.25, -0.2) is 13.2 Å². The molecule has 1 aliphatic heterocycles. The zero-order valence-electron chi connectivity index (χ0n) is 16.5. The van der Waals surface area contributed by atoms with Gasteiger partial charge in [-0.3, -0.25) is 4.98 Å². The van der Waals surface area contributed by atoms with Gasteiger partial charge < -0.3 is 9.47 Å². The van der Waals surface area contributed by atoms with E-state index in [-0.39, 0.29) is 17.1 Å². The maximum absolute atomic E-state index is 13.1. The Morgan fingerprint density at radius 3 is 2.72 bits per heavy atom. The molecule has 0 atom stereocenters. The summed E-state index contributed by atoms with van der Waals surface area (Å²) in [5.41, 5.74) is 2.01. The smallest absolute Gasteiger partial charge is 0.338 e. The number of sulfonamides is 1. The first-order chi connectivity index (χ1) is 14.0. The highest BCUT2D eigenvalue weighted by molar-refractivity contribution is 7.89. The first kappa shape index (κ1) is 21.4. The number of ether oxygens (including phenoxy) is 2. The van der Waals surface area contributed by atoms with E-state index in [9.17, 15) is 13.2 Å². The van der Waals surface area contributed by atoms with Crippen LogP contribution in [0.2, 0.25) is 0 Å². The maximum atomic E-state index is 13.1. The van der Waals surface area contributed by atoms with E-state index in [2.05, 4.69) is 4.98 Å². The molecular formula is C21H26N2O5S. The molecule has 0 aliphatic carbocycles. The van der Waals surface area contributed by atoms with Gasteiger partial charge >= 0.3 is 5.97 Å². The standard InChI is InChI=1S/C21H26N2O5S/c1-2-18-7-8-19(15-20(18)29(25,26)23-10-13-27-14-11-23)21(24)28-12-4-6-17-5-3-9-22-16-17/h3,5,7-9,15-16H,2,4,6,10-14H2,1H3. The van der Waals surface area contributed by atoms with Crippen LogP contribution < -0.4 is 0 Å². The number of aryl methyl sites for hydroxylation is 2. The highest BCUT2D eigenvalue weighted by Gasteiger charge is 2.29. The van der Waals surface area contributed by atoms with Crippen molar-refractivity contribution in [2.24, 2.45) is 0 Å². The second-order valence-electron chi connectivity index (χ2n) is 6.79. The van der Waals surface area contributed by atoms with E-state index in [1.165, 1.54) is 10.4 Å². The summed E-state index contributed by atoms with van der Waals surface area (Å²) in [5, 5.41) is 0. The maximum Gasteiger partial charge on any atom is 0.338 e. The Morgan fingerprint density at radius 2 is 2.03 bits per heavy atom. The molecule has 0 radical (unpaired) electrons. The summed E-state index contributed by atoms with van der Waals surface area (Å²) < 4.78 is 38.2. The monoisotopic (exact) mass is 418 g/mol. The summed E-state index contributed by atoms with van der Waals surface area (Å²) in [6.45, 7) is 3.53. The molecule has 1 saturated heterocycles. The largest absolute Gasteiger partial charge is 0.462 e. The number of nitrogens with zero attached hydrogens (tertiary/aromatic N) is 2. The second-order valence-corrected chi connectivity index (χ2v) is 8.70. The highest BCUT2D eigenvalue weighted by atomic mass is 32.2. The summed E-state index contributed by atoms with van der Waals surface area (Å²) in [7, 11) is -3.68. The molecule has 156 valence electrons. The average Bonchev–Trinajstić information content (AvgIpc) is 2.77. The molecule has 0 unspecified atom stereocenters. The number of pyridine rings is 1. The molecule has 0 N–H and O–H groups in total. The SMILES string of the molecule is CCc1ccc(C(=O)OCCCc2cccnc2)cc1S(=O)(=O)N1CCOCC1. The fourth-order valence-electron chi connectivity index (χ4n) is 3.21. The van der Waals surface area contributed by atoms with Crippen LogP contribution in [0.3, 0.4) is 0 Å². The van der Waals surface area contributed by atoms with Crippen LogP contribution in [0.5, 0.6) is 0 Å². The molecule has 0 spiro atoms. The van der Waals surface area contributed by atoms with E-state index in [1.54, 1.807) is 24.5 Å². The summed E-state index contributed by atoms with van der Waals surface area (Å²) in [6.07, 6.45) is 5.48. The van der Waals surface area contributed by atoms with Crippen molar-refractivity contribution in [2.75, 3.05) is 32.9 Å². The number of morpholine rings is 1. The Balaban J connectivity index is 1.68. The van der Waals surface area contributed by atoms with Crippen LogP contribution in [0, 0.1) is 0 Å². The van der Waals surface area contributed by atoms with E-state index in [4.69, 9.17) is 9.47 Å². The van der Waals surface area contributed by atoms with Crippen molar-refractivity contribution in [1.29, 1.82) is 0 Å². The van der Waals surface area contributed by atoms with Gasteiger partial charge in [0.25, 0.3) is 0 Å². The molecule has 1 aromatic carbocycles. The fraction of sp³-hybridized carbons (Fsp3) is 0.429. The lowest BCUT2D eigenvalue weighted by Gasteiger charge is -2.27. The Kier molecular flexibility index (Phi) is 7.35. The third-order valence-corrected chi connectivity index (χ3v) is 6.82. The van der Waals surface area contributed by atoms with Gasteiger partial charge in [0.2, 0.25) is 10.0 Å². The quantitative estimate of drug-likeness (QED) is 0.484. The Labute approximate surface area is 171 Å². The fourth-order valence-corrected chi connectivity index (χ4v) is 4.94. The van der Waals surface area contributed by atoms with Gasteiger partial charge in [-0.05, 0) is 48.6 Å². The van der Waals surface area contributed by atoms with Gasteiger partial charge in [-0.1, -0.05) is 19.1 Å². The molecule has 0 amide bonds. The van der Waals surface area contributed by atoms with Crippen LogP contribution >= 0.6 is 0 Å². The number of aromatic nitrogens is 1. The Bertz CT molecular complexity index is 925. The summed E-state index contributed by atoms with van der Waals surface area (Å²) >= 11 is 0. The van der Waals surface area contributed by atoms with E-state index in [0.717, 1.165) is 12.0 Å². The lowest BCUT2D eigenvalue weighted by Crippen LogP contribution is -2.41. The number of hydrogen-bond acceptors (Lipinski definition) is 6. The minimum atomic E-state index is -3.68. The number of rotatable bonds is 8. The predicted molar refractivity (Wildman–Crippen MR) is 108 cm³/mol. The first-order valence-corrected chi connectivity index (χ1v) is 11.2. The third-order valence-electron chi connectivity index (χ3n) is 4.84. The minimum absolute atomic E-state index is 0.173. The highest BCUT2D eigenvalue weighted by Crippen LogP contribution is 2.24. The van der Waals surface area contributed by atoms with Gasteiger partial charge in [0.15, 0.2) is 0 Å². The molecular weight excluding hydrogens is 392 g/mol. The minimum Gasteiger partial charge on any atom is -0.462 e. The zero-order valence-corrected chi connectivity index (χ0v) is 17.4. The summed E-state index contributed by atoms with van der Waals surface area (Å²) in [6, 6.07) is 8.60. The average molecular weight is 419 g/mol. The van der Waals surface area contributed by atoms with Gasteiger partial charge in [-0.2, -0.15) is 4.31 Å². The van der Waals surface area contributed by atoms with Gasteiger partial charge in [0, 0.05) is 25.5 Å². The lowest BCUT2D eigenvalue weighted by atomic mass is 10.1. The van der Waals surface area contributed by atoms with Crippen molar-refractivity contribution in [1.82, 2.24) is 9.29 Å². The van der Waals surface area contributed by atoms with Gasteiger partial charge in [0.1, 0.15) is 0 Å². The number of benzene rings is 1. The predicted octanol–water partition coefficient (Wildman–Crippen LogP) is 2.45. The molecule has 0 bridgehead atoms. The second kappa shape index (κ2) is 9.96. The molecule has 8 heteroatoms. The molecule has 1 aromatic heterocycles. The third kappa shape index (κ3) is 5.41. The molecule has 2 aromatic rings. The lowest BCUT2D eigenvalue weighted by molar-refractivity contribution is 0.0500. The number of carbonyl (C=O) groups excluding carboxylic acids is 1. The van der Waals surface area contributed by atoms with E-state index < -0.39 is 16.0 Å². The number of hydrogen-bond donors (Lipinski definition) is 0. The van der Waals surface area contributed by atoms with Crippen molar-refractivity contribution in [3.8, 4) is 0 Å². The van der Waals surface area contributed by atoms with Crippen LogP contribution in [-0.2, 0) is 32.3 Å². The van der Waals surface area contributed by atoms with Gasteiger partial charge in [-0.15, -0.1) is 0 Å². The Hall–Kier alpha value is -2.29. The summed E-state index contributed by atoms with van der Waals surface area (Å²) in [5.74, 6) is -0.516. The number of esters is 1. The van der Waals surface area contributed by atoms with Crippen LogP contribution in [0.1, 0.15) is 34.8 Å². The normalized spacial score (nSPS) is 15.2. The topological polar surface area (TPSA) is 85.8 Å². The van der Waals surface area contributed by atoms with E-state index in [1.807, 2.05) is 19.1 Å².